The van der Waals surface area contributed by atoms with E-state index in [9.17, 15) is 23.6 Å². The zero-order valence-electron chi connectivity index (χ0n) is 13.9. The number of carbonyl (C=O) groups is 4. The molecule has 0 saturated carbocycles. The number of benzene rings is 2. The third-order valence-corrected chi connectivity index (χ3v) is 4.48. The van der Waals surface area contributed by atoms with Crippen molar-refractivity contribution < 1.29 is 23.6 Å². The van der Waals surface area contributed by atoms with E-state index in [0.717, 1.165) is 6.07 Å². The van der Waals surface area contributed by atoms with Gasteiger partial charge in [0.2, 0.25) is 5.91 Å². The lowest BCUT2D eigenvalue weighted by Crippen LogP contribution is -2.67. The number of halogens is 1. The first-order valence-electron chi connectivity index (χ1n) is 7.97. The van der Waals surface area contributed by atoms with Crippen LogP contribution < -0.4 is 5.32 Å². The van der Waals surface area contributed by atoms with Gasteiger partial charge in [-0.1, -0.05) is 49.4 Å². The third-order valence-electron chi connectivity index (χ3n) is 4.48. The Morgan fingerprint density at radius 1 is 1.04 bits per heavy atom. The van der Waals surface area contributed by atoms with E-state index in [-0.39, 0.29) is 6.42 Å². The van der Waals surface area contributed by atoms with Crippen LogP contribution in [0.1, 0.15) is 29.3 Å². The topological polar surface area (TPSA) is 83.6 Å². The van der Waals surface area contributed by atoms with Crippen molar-refractivity contribution >= 4 is 23.8 Å². The monoisotopic (exact) mass is 354 g/mol. The smallest absolute Gasteiger partial charge is 0.276 e. The summed E-state index contributed by atoms with van der Waals surface area (Å²) >= 11 is 0. The van der Waals surface area contributed by atoms with E-state index < -0.39 is 40.5 Å². The Hall–Kier alpha value is -3.35. The molecule has 0 unspecified atom stereocenters. The average Bonchev–Trinajstić information content (AvgIpc) is 2.63. The normalized spacial score (nSPS) is 20.1. The second kappa shape index (κ2) is 6.51. The Morgan fingerprint density at radius 2 is 1.65 bits per heavy atom. The summed E-state index contributed by atoms with van der Waals surface area (Å²) in [6, 6.07) is 12.0. The van der Waals surface area contributed by atoms with Crippen LogP contribution in [0, 0.1) is 5.82 Å². The lowest BCUT2D eigenvalue weighted by molar-refractivity contribution is -0.143. The van der Waals surface area contributed by atoms with Gasteiger partial charge in [-0.3, -0.25) is 19.7 Å². The second-order valence-electron chi connectivity index (χ2n) is 5.81. The molecule has 7 heteroatoms. The van der Waals surface area contributed by atoms with Crippen molar-refractivity contribution in [3.8, 4) is 0 Å². The Balaban J connectivity index is 2.12. The molecule has 1 saturated heterocycles. The van der Waals surface area contributed by atoms with Crippen molar-refractivity contribution in [2.45, 2.75) is 18.8 Å². The van der Waals surface area contributed by atoms with Crippen molar-refractivity contribution in [3.05, 3.63) is 71.5 Å². The van der Waals surface area contributed by atoms with Gasteiger partial charge >= 0.3 is 6.03 Å². The average molecular weight is 354 g/mol. The summed E-state index contributed by atoms with van der Waals surface area (Å²) in [5.74, 6) is -3.78. The molecule has 26 heavy (non-hydrogen) atoms. The molecule has 1 heterocycles. The molecular weight excluding hydrogens is 339 g/mol. The maximum Gasteiger partial charge on any atom is 0.338 e. The highest BCUT2D eigenvalue weighted by molar-refractivity contribution is 6.30. The van der Waals surface area contributed by atoms with Gasteiger partial charge in [0.05, 0.1) is 5.56 Å². The number of urea groups is 1. The Kier molecular flexibility index (Phi) is 4.38. The maximum absolute atomic E-state index is 14.0. The van der Waals surface area contributed by atoms with E-state index in [2.05, 4.69) is 5.32 Å². The third kappa shape index (κ3) is 2.48. The van der Waals surface area contributed by atoms with E-state index in [0.29, 0.717) is 10.5 Å². The molecular formula is C19H15FN2O4. The van der Waals surface area contributed by atoms with E-state index in [1.165, 1.54) is 18.2 Å². The lowest BCUT2D eigenvalue weighted by Gasteiger charge is -2.38. The predicted molar refractivity (Wildman–Crippen MR) is 89.5 cm³/mol. The van der Waals surface area contributed by atoms with Gasteiger partial charge < -0.3 is 0 Å². The summed E-state index contributed by atoms with van der Waals surface area (Å²) in [5, 5.41) is 2.05. The quantitative estimate of drug-likeness (QED) is 0.678. The minimum atomic E-state index is -1.74. The first-order valence-corrected chi connectivity index (χ1v) is 7.97. The molecule has 1 N–H and O–H groups in total. The molecule has 0 aromatic heterocycles. The standard InChI is InChI=1S/C19H15FN2O4/c1-2-19(12-8-4-3-5-9-12)16(24)21-18(26)22(17(19)25)15(23)13-10-6-7-11-14(13)20/h3-11H,2H2,1H3,(H,21,24,26)/t19-/m0/s1. The Labute approximate surface area is 148 Å². The van der Waals surface area contributed by atoms with Crippen LogP contribution >= 0.6 is 0 Å². The lowest BCUT2D eigenvalue weighted by atomic mass is 9.74. The van der Waals surface area contributed by atoms with Crippen LogP contribution in [0.2, 0.25) is 0 Å². The predicted octanol–water partition coefficient (Wildman–Crippen LogP) is 2.39. The number of amides is 5. The van der Waals surface area contributed by atoms with Crippen molar-refractivity contribution in [2.24, 2.45) is 0 Å². The molecule has 1 atom stereocenters. The van der Waals surface area contributed by atoms with Crippen LogP contribution in [0.25, 0.3) is 0 Å². The largest absolute Gasteiger partial charge is 0.338 e. The first-order chi connectivity index (χ1) is 12.4. The van der Waals surface area contributed by atoms with Crippen LogP contribution in [0.15, 0.2) is 54.6 Å². The maximum atomic E-state index is 14.0. The molecule has 1 aliphatic heterocycles. The molecule has 132 valence electrons. The number of nitrogens with one attached hydrogen (secondary N) is 1. The number of barbiturate groups is 1. The molecule has 0 bridgehead atoms. The fourth-order valence-electron chi connectivity index (χ4n) is 3.07. The fraction of sp³-hybridized carbons (Fsp3) is 0.158. The summed E-state index contributed by atoms with van der Waals surface area (Å²) in [7, 11) is 0. The number of imide groups is 4. The van der Waals surface area contributed by atoms with Gasteiger partial charge in [-0.15, -0.1) is 0 Å². The molecule has 0 radical (unpaired) electrons. The SMILES string of the molecule is CC[C@]1(c2ccccc2)C(=O)NC(=O)N(C(=O)c2ccccc2F)C1=O. The molecule has 3 rings (SSSR count). The van der Waals surface area contributed by atoms with Crippen molar-refractivity contribution in [1.29, 1.82) is 0 Å². The molecule has 0 spiro atoms. The second-order valence-corrected chi connectivity index (χ2v) is 5.81. The number of hydrogen-bond donors (Lipinski definition) is 1. The van der Waals surface area contributed by atoms with Crippen molar-refractivity contribution in [3.63, 3.8) is 0 Å². The van der Waals surface area contributed by atoms with Gasteiger partial charge in [-0.05, 0) is 24.1 Å². The van der Waals surface area contributed by atoms with Gasteiger partial charge in [-0.25, -0.2) is 9.18 Å². The van der Waals surface area contributed by atoms with Gasteiger partial charge in [0.15, 0.2) is 5.41 Å². The van der Waals surface area contributed by atoms with Gasteiger partial charge in [0, 0.05) is 0 Å². The summed E-state index contributed by atoms with van der Waals surface area (Å²) in [5.41, 5.74) is -1.82. The van der Waals surface area contributed by atoms with Crippen molar-refractivity contribution in [2.75, 3.05) is 0 Å². The number of rotatable bonds is 3. The molecule has 6 nitrogen and oxygen atoms in total. The Morgan fingerprint density at radius 3 is 2.27 bits per heavy atom. The zero-order chi connectivity index (χ0) is 18.9. The fourth-order valence-corrected chi connectivity index (χ4v) is 3.07. The van der Waals surface area contributed by atoms with E-state index in [4.69, 9.17) is 0 Å². The van der Waals surface area contributed by atoms with Crippen molar-refractivity contribution in [1.82, 2.24) is 10.2 Å². The molecule has 5 amide bonds. The number of hydrogen-bond acceptors (Lipinski definition) is 4. The van der Waals surface area contributed by atoms with Gasteiger partial charge in [0.25, 0.3) is 11.8 Å². The highest BCUT2D eigenvalue weighted by Gasteiger charge is 2.55. The van der Waals surface area contributed by atoms with Crippen LogP contribution in [-0.4, -0.2) is 28.7 Å². The Bertz CT molecular complexity index is 913. The van der Waals surface area contributed by atoms with E-state index in [1.54, 1.807) is 37.3 Å². The van der Waals surface area contributed by atoms with Crippen LogP contribution in [-0.2, 0) is 15.0 Å². The minimum absolute atomic E-state index is 0.0238. The number of carbonyl (C=O) groups excluding carboxylic acids is 4. The first kappa shape index (κ1) is 17.5. The molecule has 1 aliphatic rings. The highest BCUT2D eigenvalue weighted by atomic mass is 19.1. The highest BCUT2D eigenvalue weighted by Crippen LogP contribution is 2.34. The number of nitrogens with zero attached hydrogens (tertiary/aromatic N) is 1. The van der Waals surface area contributed by atoms with E-state index in [1.807, 2.05) is 0 Å². The van der Waals surface area contributed by atoms with Gasteiger partial charge in [-0.2, -0.15) is 4.90 Å². The summed E-state index contributed by atoms with van der Waals surface area (Å²) in [4.78, 5) is 50.9. The zero-order valence-corrected chi connectivity index (χ0v) is 13.9. The summed E-state index contributed by atoms with van der Waals surface area (Å²) in [6.45, 7) is 1.60. The molecule has 0 aliphatic carbocycles. The molecule has 2 aromatic rings. The van der Waals surface area contributed by atoms with Crippen LogP contribution in [0.5, 0.6) is 0 Å². The van der Waals surface area contributed by atoms with Crippen LogP contribution in [0.4, 0.5) is 9.18 Å². The van der Waals surface area contributed by atoms with Crippen LogP contribution in [0.3, 0.4) is 0 Å². The molecule has 2 aromatic carbocycles. The summed E-state index contributed by atoms with van der Waals surface area (Å²) in [6.07, 6.45) is 0.0238. The summed E-state index contributed by atoms with van der Waals surface area (Å²) < 4.78 is 14.0. The molecule has 1 fully saturated rings. The minimum Gasteiger partial charge on any atom is -0.276 e. The van der Waals surface area contributed by atoms with Gasteiger partial charge in [0.1, 0.15) is 5.82 Å². The van der Waals surface area contributed by atoms with E-state index >= 15 is 0 Å².